The average Bonchev–Trinajstić information content (AvgIpc) is 2.26. The van der Waals surface area contributed by atoms with E-state index in [9.17, 15) is 9.59 Å². The first-order valence-electron chi connectivity index (χ1n) is 6.58. The Morgan fingerprint density at radius 1 is 1.28 bits per heavy atom. The summed E-state index contributed by atoms with van der Waals surface area (Å²) in [6, 6.07) is 0. The van der Waals surface area contributed by atoms with Gasteiger partial charge in [-0.3, -0.25) is 14.5 Å². The van der Waals surface area contributed by atoms with E-state index in [2.05, 4.69) is 5.32 Å². The Kier molecular flexibility index (Phi) is 8.37. The molecule has 0 saturated carbocycles. The van der Waals surface area contributed by atoms with Crippen LogP contribution in [0.15, 0.2) is 0 Å². The van der Waals surface area contributed by atoms with Crippen molar-refractivity contribution in [3.8, 4) is 0 Å². The summed E-state index contributed by atoms with van der Waals surface area (Å²) in [6.07, 6.45) is 0.907. The first-order chi connectivity index (χ1) is 8.36. The van der Waals surface area contributed by atoms with Crippen LogP contribution in [0.3, 0.4) is 0 Å². The third kappa shape index (κ3) is 8.06. The first kappa shape index (κ1) is 16.9. The maximum atomic E-state index is 11.7. The Hall–Kier alpha value is -1.10. The second-order valence-corrected chi connectivity index (χ2v) is 5.17. The van der Waals surface area contributed by atoms with E-state index in [1.165, 1.54) is 0 Å². The minimum absolute atomic E-state index is 0.0326. The topological polar surface area (TPSA) is 69.6 Å². The van der Waals surface area contributed by atoms with E-state index in [-0.39, 0.29) is 12.5 Å². The fraction of sp³-hybridized carbons (Fsp3) is 0.846. The number of carboxylic acid groups (broad SMARTS) is 1. The highest BCUT2D eigenvalue weighted by atomic mass is 16.4. The summed E-state index contributed by atoms with van der Waals surface area (Å²) in [4.78, 5) is 24.4. The van der Waals surface area contributed by atoms with Crippen molar-refractivity contribution in [2.75, 3.05) is 26.2 Å². The molecule has 0 rings (SSSR count). The van der Waals surface area contributed by atoms with Crippen LogP contribution in [-0.4, -0.2) is 48.1 Å². The van der Waals surface area contributed by atoms with Crippen molar-refractivity contribution < 1.29 is 14.7 Å². The van der Waals surface area contributed by atoms with Gasteiger partial charge < -0.3 is 10.4 Å². The molecule has 0 aromatic rings. The van der Waals surface area contributed by atoms with E-state index in [1.807, 2.05) is 25.7 Å². The highest BCUT2D eigenvalue weighted by Crippen LogP contribution is 2.01. The van der Waals surface area contributed by atoms with E-state index in [0.717, 1.165) is 13.0 Å². The second-order valence-electron chi connectivity index (χ2n) is 5.17. The van der Waals surface area contributed by atoms with Gasteiger partial charge >= 0.3 is 5.97 Å². The third-order valence-electron chi connectivity index (χ3n) is 2.57. The van der Waals surface area contributed by atoms with Crippen molar-refractivity contribution in [2.45, 2.75) is 34.1 Å². The van der Waals surface area contributed by atoms with Gasteiger partial charge in [0.15, 0.2) is 0 Å². The molecular formula is C13H26N2O3. The molecule has 0 aliphatic heterocycles. The summed E-state index contributed by atoms with van der Waals surface area (Å²) in [7, 11) is 0. The minimum Gasteiger partial charge on any atom is -0.481 e. The van der Waals surface area contributed by atoms with Gasteiger partial charge in [-0.25, -0.2) is 0 Å². The maximum Gasteiger partial charge on any atom is 0.307 e. The fourth-order valence-electron chi connectivity index (χ4n) is 1.59. The fourth-order valence-corrected chi connectivity index (χ4v) is 1.59. The maximum absolute atomic E-state index is 11.7. The van der Waals surface area contributed by atoms with Crippen molar-refractivity contribution in [3.05, 3.63) is 0 Å². The number of hydrogen-bond acceptors (Lipinski definition) is 3. The van der Waals surface area contributed by atoms with Crippen LogP contribution in [-0.2, 0) is 9.59 Å². The van der Waals surface area contributed by atoms with Gasteiger partial charge in [0.25, 0.3) is 0 Å². The average molecular weight is 258 g/mol. The van der Waals surface area contributed by atoms with Gasteiger partial charge in [0.1, 0.15) is 0 Å². The number of nitrogens with one attached hydrogen (secondary N) is 1. The molecular weight excluding hydrogens is 232 g/mol. The third-order valence-corrected chi connectivity index (χ3v) is 2.57. The van der Waals surface area contributed by atoms with Gasteiger partial charge in [0, 0.05) is 13.1 Å². The predicted octanol–water partition coefficient (Wildman–Crippen LogP) is 1.19. The van der Waals surface area contributed by atoms with Crippen molar-refractivity contribution in [1.29, 1.82) is 0 Å². The molecule has 0 aliphatic rings. The molecule has 5 heteroatoms. The zero-order chi connectivity index (χ0) is 14.1. The SMILES string of the molecule is CCCN(CC(=O)NCC(C)C)CC(C)C(=O)O. The number of rotatable bonds is 9. The molecule has 0 aliphatic carbocycles. The van der Waals surface area contributed by atoms with Crippen LogP contribution in [0.25, 0.3) is 0 Å². The summed E-state index contributed by atoms with van der Waals surface area (Å²) < 4.78 is 0. The summed E-state index contributed by atoms with van der Waals surface area (Å²) >= 11 is 0. The second kappa shape index (κ2) is 8.91. The van der Waals surface area contributed by atoms with Gasteiger partial charge in [-0.05, 0) is 18.9 Å². The largest absolute Gasteiger partial charge is 0.481 e. The predicted molar refractivity (Wildman–Crippen MR) is 71.4 cm³/mol. The molecule has 0 bridgehead atoms. The molecule has 106 valence electrons. The summed E-state index contributed by atoms with van der Waals surface area (Å²) in [5, 5.41) is 11.7. The quantitative estimate of drug-likeness (QED) is 0.652. The van der Waals surface area contributed by atoms with Crippen LogP contribution >= 0.6 is 0 Å². The highest BCUT2D eigenvalue weighted by Gasteiger charge is 2.17. The van der Waals surface area contributed by atoms with Gasteiger partial charge in [0.2, 0.25) is 5.91 Å². The zero-order valence-electron chi connectivity index (χ0n) is 11.9. The Morgan fingerprint density at radius 2 is 1.89 bits per heavy atom. The Morgan fingerprint density at radius 3 is 2.33 bits per heavy atom. The number of hydrogen-bond donors (Lipinski definition) is 2. The van der Waals surface area contributed by atoms with E-state index < -0.39 is 11.9 Å². The zero-order valence-corrected chi connectivity index (χ0v) is 11.9. The van der Waals surface area contributed by atoms with Crippen LogP contribution in [0.1, 0.15) is 34.1 Å². The van der Waals surface area contributed by atoms with Gasteiger partial charge in [-0.1, -0.05) is 27.7 Å². The number of carbonyl (C=O) groups is 2. The molecule has 0 saturated heterocycles. The molecule has 1 amide bonds. The molecule has 5 nitrogen and oxygen atoms in total. The van der Waals surface area contributed by atoms with Crippen molar-refractivity contribution in [3.63, 3.8) is 0 Å². The standard InChI is InChI=1S/C13H26N2O3/c1-5-6-15(8-11(4)13(17)18)9-12(16)14-7-10(2)3/h10-11H,5-9H2,1-4H3,(H,14,16)(H,17,18). The van der Waals surface area contributed by atoms with Crippen LogP contribution in [0.5, 0.6) is 0 Å². The van der Waals surface area contributed by atoms with Crippen molar-refractivity contribution in [1.82, 2.24) is 10.2 Å². The van der Waals surface area contributed by atoms with Crippen LogP contribution in [0, 0.1) is 11.8 Å². The smallest absolute Gasteiger partial charge is 0.307 e. The molecule has 2 N–H and O–H groups in total. The molecule has 0 aromatic carbocycles. The summed E-state index contributed by atoms with van der Waals surface area (Å²) in [5.74, 6) is -0.880. The molecule has 0 fully saturated rings. The van der Waals surface area contributed by atoms with E-state index in [4.69, 9.17) is 5.11 Å². The van der Waals surface area contributed by atoms with Gasteiger partial charge in [-0.2, -0.15) is 0 Å². The number of carbonyl (C=O) groups excluding carboxylic acids is 1. The van der Waals surface area contributed by atoms with E-state index in [0.29, 0.717) is 19.0 Å². The molecule has 1 atom stereocenters. The van der Waals surface area contributed by atoms with Gasteiger partial charge in [0.05, 0.1) is 12.5 Å². The summed E-state index contributed by atoms with van der Waals surface area (Å²) in [5.41, 5.74) is 0. The lowest BCUT2D eigenvalue weighted by atomic mass is 10.1. The van der Waals surface area contributed by atoms with Crippen LogP contribution in [0.4, 0.5) is 0 Å². The lowest BCUT2D eigenvalue weighted by Gasteiger charge is -2.23. The van der Waals surface area contributed by atoms with E-state index >= 15 is 0 Å². The van der Waals surface area contributed by atoms with Crippen LogP contribution in [0.2, 0.25) is 0 Å². The lowest BCUT2D eigenvalue weighted by molar-refractivity contribution is -0.142. The monoisotopic (exact) mass is 258 g/mol. The molecule has 1 unspecified atom stereocenters. The van der Waals surface area contributed by atoms with Gasteiger partial charge in [-0.15, -0.1) is 0 Å². The Balaban J connectivity index is 4.17. The number of amides is 1. The molecule has 0 aromatic heterocycles. The number of carboxylic acids is 1. The minimum atomic E-state index is -0.821. The van der Waals surface area contributed by atoms with Crippen molar-refractivity contribution >= 4 is 11.9 Å². The van der Waals surface area contributed by atoms with Crippen LogP contribution < -0.4 is 5.32 Å². The Labute approximate surface area is 110 Å². The lowest BCUT2D eigenvalue weighted by Crippen LogP contribution is -2.41. The first-order valence-corrected chi connectivity index (χ1v) is 6.58. The number of nitrogens with zero attached hydrogens (tertiary/aromatic N) is 1. The Bertz CT molecular complexity index is 267. The van der Waals surface area contributed by atoms with E-state index in [1.54, 1.807) is 6.92 Å². The number of aliphatic carboxylic acids is 1. The molecule has 0 radical (unpaired) electrons. The molecule has 0 heterocycles. The summed E-state index contributed by atoms with van der Waals surface area (Å²) in [6.45, 7) is 9.85. The molecule has 0 spiro atoms. The molecule has 18 heavy (non-hydrogen) atoms. The highest BCUT2D eigenvalue weighted by molar-refractivity contribution is 5.78. The van der Waals surface area contributed by atoms with Crippen molar-refractivity contribution in [2.24, 2.45) is 11.8 Å². The normalized spacial score (nSPS) is 12.8.